The second kappa shape index (κ2) is 19.4. The molecule has 3 aromatic carbocycles. The van der Waals surface area contributed by atoms with Crippen molar-refractivity contribution in [2.75, 3.05) is 18.0 Å². The second-order valence-corrected chi connectivity index (χ2v) is 20.9. The zero-order valence-electron chi connectivity index (χ0n) is 36.2. The van der Waals surface area contributed by atoms with Crippen molar-refractivity contribution in [2.24, 2.45) is 5.92 Å². The summed E-state index contributed by atoms with van der Waals surface area (Å²) < 4.78 is 56.4. The number of rotatable bonds is 20. The number of nitriles is 1. The number of fused-ring (bicyclic) bond motifs is 7. The van der Waals surface area contributed by atoms with Gasteiger partial charge in [0.25, 0.3) is 0 Å². The van der Waals surface area contributed by atoms with Gasteiger partial charge in [-0.15, -0.1) is 34.0 Å². The highest BCUT2D eigenvalue weighted by molar-refractivity contribution is 7.36. The fourth-order valence-electron chi connectivity index (χ4n) is 9.02. The van der Waals surface area contributed by atoms with Gasteiger partial charge in [-0.2, -0.15) is 22.8 Å². The van der Waals surface area contributed by atoms with Gasteiger partial charge in [-0.05, 0) is 67.1 Å². The zero-order chi connectivity index (χ0) is 43.6. The Morgan fingerprint density at radius 3 is 1.89 bits per heavy atom. The number of anilines is 1. The average Bonchev–Trinajstić information content (AvgIpc) is 4.15. The van der Waals surface area contributed by atoms with Crippen molar-refractivity contribution < 1.29 is 8.78 Å². The van der Waals surface area contributed by atoms with E-state index in [1.807, 2.05) is 34.8 Å². The lowest BCUT2D eigenvalue weighted by Crippen LogP contribution is -2.26. The molecule has 6 heterocycles. The van der Waals surface area contributed by atoms with Gasteiger partial charge in [0.05, 0.1) is 54.3 Å². The zero-order valence-corrected chi connectivity index (χ0v) is 40.3. The molecular weight excluding hydrogens is 885 g/mol. The van der Waals surface area contributed by atoms with Crippen molar-refractivity contribution in [2.45, 2.75) is 111 Å². The summed E-state index contributed by atoms with van der Waals surface area (Å²) in [4.78, 5) is 4.89. The first-order valence-corrected chi connectivity index (χ1v) is 26.4. The molecule has 7 nitrogen and oxygen atoms in total. The van der Waals surface area contributed by atoms with E-state index in [4.69, 9.17) is 13.1 Å². The van der Waals surface area contributed by atoms with Crippen molar-refractivity contribution in [3.8, 4) is 38.1 Å². The minimum Gasteiger partial charge on any atom is -0.370 e. The van der Waals surface area contributed by atoms with E-state index in [-0.39, 0.29) is 0 Å². The van der Waals surface area contributed by atoms with Crippen LogP contribution in [0.25, 0.3) is 83.9 Å². The molecule has 0 bridgehead atoms. The number of unbranched alkanes of at least 4 members (excludes halogenated alkanes) is 7. The van der Waals surface area contributed by atoms with Gasteiger partial charge in [-0.25, -0.2) is 8.78 Å². The molecule has 0 radical (unpaired) electrons. The number of nitrogens with zero attached hydrogens (tertiary/aromatic N) is 7. The predicted molar refractivity (Wildman–Crippen MR) is 267 cm³/mol. The molecule has 1 atom stereocenters. The van der Waals surface area contributed by atoms with Crippen molar-refractivity contribution in [1.29, 1.82) is 5.26 Å². The Morgan fingerprint density at radius 2 is 1.24 bits per heavy atom. The molecule has 0 aliphatic carbocycles. The molecular formula is C49H51F2N7S5. The maximum atomic E-state index is 14.7. The summed E-state index contributed by atoms with van der Waals surface area (Å²) >= 11 is 7.93. The molecule has 63 heavy (non-hydrogen) atoms. The lowest BCUT2D eigenvalue weighted by Gasteiger charge is -2.25. The van der Waals surface area contributed by atoms with E-state index in [1.165, 1.54) is 135 Å². The van der Waals surface area contributed by atoms with E-state index in [1.54, 1.807) is 17.4 Å². The highest BCUT2D eigenvalue weighted by Gasteiger charge is 2.26. The molecule has 326 valence electrons. The van der Waals surface area contributed by atoms with Gasteiger partial charge in [0.1, 0.15) is 45.3 Å². The Balaban J connectivity index is 1.12. The van der Waals surface area contributed by atoms with E-state index in [2.05, 4.69) is 65.8 Å². The van der Waals surface area contributed by atoms with E-state index >= 15 is 0 Å². The molecule has 0 fully saturated rings. The fraction of sp³-hybridized carbons (Fsp3) is 0.408. The maximum absolute atomic E-state index is 14.7. The number of hydrogen-bond donors (Lipinski definition) is 0. The molecule has 1 unspecified atom stereocenters. The van der Waals surface area contributed by atoms with Crippen LogP contribution >= 0.6 is 57.5 Å². The number of aromatic nitrogens is 5. The largest absolute Gasteiger partial charge is 0.370 e. The van der Waals surface area contributed by atoms with Crippen LogP contribution < -0.4 is 4.90 Å². The van der Waals surface area contributed by atoms with Crippen LogP contribution in [0.15, 0.2) is 48.5 Å². The van der Waals surface area contributed by atoms with Crippen LogP contribution in [-0.2, 0) is 6.54 Å². The quantitative estimate of drug-likeness (QED) is 0.0708. The highest BCUT2D eigenvalue weighted by Crippen LogP contribution is 2.51. The minimum atomic E-state index is -0.889. The second-order valence-electron chi connectivity index (χ2n) is 16.7. The van der Waals surface area contributed by atoms with Gasteiger partial charge < -0.3 is 9.47 Å². The summed E-state index contributed by atoms with van der Waals surface area (Å²) in [7, 11) is 0. The van der Waals surface area contributed by atoms with E-state index in [9.17, 15) is 14.0 Å². The molecule has 6 aromatic heterocycles. The third kappa shape index (κ3) is 8.40. The Kier molecular flexibility index (Phi) is 13.5. The molecule has 9 rings (SSSR count). The molecule has 0 aliphatic heterocycles. The summed E-state index contributed by atoms with van der Waals surface area (Å²) in [6.45, 7) is 12.2. The van der Waals surface area contributed by atoms with Gasteiger partial charge in [0.2, 0.25) is 0 Å². The minimum absolute atomic E-state index is 0.327. The lowest BCUT2D eigenvalue weighted by atomic mass is 9.99. The van der Waals surface area contributed by atoms with E-state index in [0.717, 1.165) is 64.8 Å². The van der Waals surface area contributed by atoms with Crippen LogP contribution in [0, 0.1) is 28.9 Å². The van der Waals surface area contributed by atoms with Crippen LogP contribution in [0.1, 0.15) is 110 Å². The van der Waals surface area contributed by atoms with Crippen LogP contribution in [-0.4, -0.2) is 35.2 Å². The third-order valence-corrected chi connectivity index (χ3v) is 17.3. The van der Waals surface area contributed by atoms with Crippen molar-refractivity contribution in [3.05, 3.63) is 65.7 Å². The summed E-state index contributed by atoms with van der Waals surface area (Å²) in [6, 6.07) is 17.2. The van der Waals surface area contributed by atoms with Crippen LogP contribution in [0.2, 0.25) is 0 Å². The summed E-state index contributed by atoms with van der Waals surface area (Å²) in [5.41, 5.74) is 9.55. The number of halogens is 2. The normalized spacial score (nSPS) is 12.5. The summed E-state index contributed by atoms with van der Waals surface area (Å²) in [6.07, 6.45) is 14.6. The molecule has 0 saturated carbocycles. The first kappa shape index (κ1) is 43.8. The smallest absolute Gasteiger partial charge is 0.144 e. The lowest BCUT2D eigenvalue weighted by molar-refractivity contribution is 0.401. The number of benzene rings is 3. The third-order valence-electron chi connectivity index (χ3n) is 12.5. The van der Waals surface area contributed by atoms with Crippen LogP contribution in [0.4, 0.5) is 14.5 Å². The molecule has 0 spiro atoms. The van der Waals surface area contributed by atoms with Gasteiger partial charge in [0.15, 0.2) is 0 Å². The summed E-state index contributed by atoms with van der Waals surface area (Å²) in [5, 5.41) is 9.22. The Labute approximate surface area is 387 Å². The number of thiophene rings is 3. The van der Waals surface area contributed by atoms with Crippen LogP contribution in [0.5, 0.6) is 0 Å². The van der Waals surface area contributed by atoms with Crippen LogP contribution in [0.3, 0.4) is 0 Å². The van der Waals surface area contributed by atoms with Gasteiger partial charge in [0, 0.05) is 50.8 Å². The monoisotopic (exact) mass is 935 g/mol. The van der Waals surface area contributed by atoms with Crippen molar-refractivity contribution >= 4 is 115 Å². The fourth-order valence-corrected chi connectivity index (χ4v) is 14.2. The van der Waals surface area contributed by atoms with Crippen molar-refractivity contribution in [1.82, 2.24) is 22.1 Å². The first-order valence-electron chi connectivity index (χ1n) is 22.5. The van der Waals surface area contributed by atoms with Crippen molar-refractivity contribution in [3.63, 3.8) is 0 Å². The SMILES string of the molecule is CCCCCCN(CCCCCC)c1ccc(-c2cc3c(s2)c2sc4cc(-c5ccc(-c6cc(F)c(C#N)c(F)c6)c6nsnc56)sc4c2n3CC(CC)CCCC)c2nsnc12. The van der Waals surface area contributed by atoms with Gasteiger partial charge in [-0.1, -0.05) is 97.6 Å². The highest BCUT2D eigenvalue weighted by atomic mass is 32.1. The molecule has 0 saturated heterocycles. The standard InChI is InChI=1S/C49H51F2N7S5/c1-5-9-12-14-21-57(22-15-13-10-6-2)37-20-19-33(44-45(37)56-63-55-44)39-25-38-47(59-39)49-46(58(38)28-29(8-4)16-11-7-3)48-41(61-49)26-40(60-48)32-18-17-31(42-43(32)54-62-53-42)30-23-35(50)34(27-52)36(51)24-30/h17-20,23-26,29H,5-16,21-22,28H2,1-4H3. The van der Waals surface area contributed by atoms with E-state index < -0.39 is 17.2 Å². The molecule has 0 amide bonds. The Bertz CT molecular complexity index is 3050. The Hall–Kier alpha value is -4.39. The molecule has 14 heteroatoms. The van der Waals surface area contributed by atoms with Gasteiger partial charge >= 0.3 is 0 Å². The average molecular weight is 936 g/mol. The Morgan fingerprint density at radius 1 is 0.651 bits per heavy atom. The van der Waals surface area contributed by atoms with Gasteiger partial charge in [-0.3, -0.25) is 0 Å². The molecule has 0 N–H and O–H groups in total. The summed E-state index contributed by atoms with van der Waals surface area (Å²) in [5.74, 6) is -1.22. The topological polar surface area (TPSA) is 83.5 Å². The molecule has 0 aliphatic rings. The number of hydrogen-bond acceptors (Lipinski definition) is 11. The first-order chi connectivity index (χ1) is 30.9. The maximum Gasteiger partial charge on any atom is 0.144 e. The van der Waals surface area contributed by atoms with E-state index in [0.29, 0.717) is 28.1 Å². The molecule has 9 aromatic rings. The predicted octanol–water partition coefficient (Wildman–Crippen LogP) is 16.5.